The Labute approximate surface area is 114 Å². The Kier molecular flexibility index (Phi) is 4.71. The topological polar surface area (TPSA) is 24.9 Å². The number of hydrogen-bond acceptors (Lipinski definition) is 3. The summed E-state index contributed by atoms with van der Waals surface area (Å²) < 4.78 is 1.16. The number of hydrogen-bond donors (Lipinski definition) is 1. The number of halogens is 1. The Hall–Kier alpha value is -0.710. The van der Waals surface area contributed by atoms with Crippen LogP contribution in [-0.4, -0.2) is 18.6 Å². The van der Waals surface area contributed by atoms with Crippen molar-refractivity contribution >= 4 is 27.3 Å². The van der Waals surface area contributed by atoms with Crippen LogP contribution in [0.1, 0.15) is 16.3 Å². The first-order chi connectivity index (χ1) is 8.29. The highest BCUT2D eigenvalue weighted by Gasteiger charge is 2.05. The lowest BCUT2D eigenvalue weighted by atomic mass is 10.2. The minimum atomic E-state index is 0.908. The summed E-state index contributed by atoms with van der Waals surface area (Å²) in [5, 5.41) is 6.48. The monoisotopic (exact) mass is 310 g/mol. The molecule has 0 radical (unpaired) electrons. The standard InChI is InChI=1S/C13H15BrN2S/c1-15-7-6-11-9-17-13(16-11)8-10-4-2-3-5-12(10)14/h2-5,9,15H,6-8H2,1H3. The minimum absolute atomic E-state index is 0.908. The normalized spacial score (nSPS) is 10.7. The number of aromatic nitrogens is 1. The molecule has 1 aromatic carbocycles. The van der Waals surface area contributed by atoms with E-state index in [4.69, 9.17) is 0 Å². The van der Waals surface area contributed by atoms with Crippen LogP contribution >= 0.6 is 27.3 Å². The highest BCUT2D eigenvalue weighted by atomic mass is 79.9. The molecule has 0 fully saturated rings. The molecule has 0 aliphatic carbocycles. The third-order valence-electron chi connectivity index (χ3n) is 2.53. The SMILES string of the molecule is CNCCc1csc(Cc2ccccc2Br)n1. The molecular weight excluding hydrogens is 296 g/mol. The molecule has 1 heterocycles. The first-order valence-electron chi connectivity index (χ1n) is 5.61. The van der Waals surface area contributed by atoms with Crippen LogP contribution in [0.3, 0.4) is 0 Å². The van der Waals surface area contributed by atoms with Gasteiger partial charge in [0.05, 0.1) is 10.7 Å². The Morgan fingerprint density at radius 1 is 1.35 bits per heavy atom. The zero-order valence-electron chi connectivity index (χ0n) is 9.74. The Balaban J connectivity index is 2.04. The van der Waals surface area contributed by atoms with E-state index in [0.29, 0.717) is 0 Å². The Morgan fingerprint density at radius 2 is 2.18 bits per heavy atom. The van der Waals surface area contributed by atoms with E-state index in [1.54, 1.807) is 11.3 Å². The largest absolute Gasteiger partial charge is 0.319 e. The van der Waals surface area contributed by atoms with Crippen LogP contribution in [0.15, 0.2) is 34.1 Å². The third kappa shape index (κ3) is 3.63. The van der Waals surface area contributed by atoms with Crippen LogP contribution in [0.2, 0.25) is 0 Å². The smallest absolute Gasteiger partial charge is 0.0972 e. The van der Waals surface area contributed by atoms with Gasteiger partial charge in [0.25, 0.3) is 0 Å². The predicted molar refractivity (Wildman–Crippen MR) is 76.7 cm³/mol. The fraction of sp³-hybridized carbons (Fsp3) is 0.308. The van der Waals surface area contributed by atoms with Crippen LogP contribution in [-0.2, 0) is 12.8 Å². The first kappa shape index (κ1) is 12.7. The second-order valence-electron chi connectivity index (χ2n) is 3.85. The maximum atomic E-state index is 4.64. The lowest BCUT2D eigenvalue weighted by Gasteiger charge is -2.00. The van der Waals surface area contributed by atoms with Gasteiger partial charge in [-0.3, -0.25) is 0 Å². The van der Waals surface area contributed by atoms with Gasteiger partial charge in [-0.05, 0) is 18.7 Å². The zero-order valence-corrected chi connectivity index (χ0v) is 12.1. The highest BCUT2D eigenvalue weighted by molar-refractivity contribution is 9.10. The molecule has 0 unspecified atom stereocenters. The quantitative estimate of drug-likeness (QED) is 0.917. The van der Waals surface area contributed by atoms with Crippen molar-refractivity contribution in [3.05, 3.63) is 50.4 Å². The first-order valence-corrected chi connectivity index (χ1v) is 7.28. The molecule has 2 aromatic rings. The summed E-state index contributed by atoms with van der Waals surface area (Å²) in [5.41, 5.74) is 2.48. The lowest BCUT2D eigenvalue weighted by Crippen LogP contribution is -2.10. The van der Waals surface area contributed by atoms with E-state index >= 15 is 0 Å². The Morgan fingerprint density at radius 3 is 2.94 bits per heavy atom. The summed E-state index contributed by atoms with van der Waals surface area (Å²) in [4.78, 5) is 4.64. The van der Waals surface area contributed by atoms with Crippen LogP contribution in [0.4, 0.5) is 0 Å². The van der Waals surface area contributed by atoms with Gasteiger partial charge in [0.1, 0.15) is 0 Å². The summed E-state index contributed by atoms with van der Waals surface area (Å²) in [7, 11) is 1.97. The number of nitrogens with zero attached hydrogens (tertiary/aromatic N) is 1. The van der Waals surface area contributed by atoms with Gasteiger partial charge in [0, 0.05) is 29.2 Å². The highest BCUT2D eigenvalue weighted by Crippen LogP contribution is 2.21. The molecule has 1 aromatic heterocycles. The summed E-state index contributed by atoms with van der Waals surface area (Å²) in [6.45, 7) is 0.984. The van der Waals surface area contributed by atoms with Crippen molar-refractivity contribution in [1.29, 1.82) is 0 Å². The van der Waals surface area contributed by atoms with Gasteiger partial charge < -0.3 is 5.32 Å². The van der Waals surface area contributed by atoms with Crippen molar-refractivity contribution in [2.45, 2.75) is 12.8 Å². The molecule has 17 heavy (non-hydrogen) atoms. The van der Waals surface area contributed by atoms with E-state index in [9.17, 15) is 0 Å². The molecule has 0 aliphatic heterocycles. The summed E-state index contributed by atoms with van der Waals surface area (Å²) >= 11 is 5.31. The Bertz CT molecular complexity index is 482. The van der Waals surface area contributed by atoms with Gasteiger partial charge in [-0.25, -0.2) is 4.98 Å². The van der Waals surface area contributed by atoms with Gasteiger partial charge in [0.2, 0.25) is 0 Å². The molecule has 2 rings (SSSR count). The van der Waals surface area contributed by atoms with E-state index in [2.05, 4.69) is 49.8 Å². The number of likely N-dealkylation sites (N-methyl/N-ethyl adjacent to an activating group) is 1. The van der Waals surface area contributed by atoms with Crippen molar-refractivity contribution in [3.8, 4) is 0 Å². The maximum Gasteiger partial charge on any atom is 0.0972 e. The molecule has 0 atom stereocenters. The molecule has 2 nitrogen and oxygen atoms in total. The second kappa shape index (κ2) is 6.28. The van der Waals surface area contributed by atoms with Crippen LogP contribution in [0.5, 0.6) is 0 Å². The number of thiazole rings is 1. The molecule has 4 heteroatoms. The van der Waals surface area contributed by atoms with Gasteiger partial charge in [0.15, 0.2) is 0 Å². The van der Waals surface area contributed by atoms with Gasteiger partial charge in [-0.1, -0.05) is 34.1 Å². The summed E-state index contributed by atoms with van der Waals surface area (Å²) in [6, 6.07) is 8.31. The summed E-state index contributed by atoms with van der Waals surface area (Å²) in [6.07, 6.45) is 1.91. The lowest BCUT2D eigenvalue weighted by molar-refractivity contribution is 0.778. The fourth-order valence-electron chi connectivity index (χ4n) is 1.60. The molecule has 1 N–H and O–H groups in total. The molecule has 0 saturated heterocycles. The summed E-state index contributed by atoms with van der Waals surface area (Å²) in [5.74, 6) is 0. The molecule has 0 aliphatic rings. The van der Waals surface area contributed by atoms with E-state index in [-0.39, 0.29) is 0 Å². The molecule has 90 valence electrons. The predicted octanol–water partition coefficient (Wildman–Crippen LogP) is 3.26. The van der Waals surface area contributed by atoms with Gasteiger partial charge in [-0.15, -0.1) is 11.3 Å². The van der Waals surface area contributed by atoms with E-state index in [0.717, 1.165) is 23.9 Å². The number of rotatable bonds is 5. The number of benzene rings is 1. The van der Waals surface area contributed by atoms with Crippen molar-refractivity contribution in [2.75, 3.05) is 13.6 Å². The molecular formula is C13H15BrN2S. The molecule has 0 bridgehead atoms. The molecule has 0 spiro atoms. The van der Waals surface area contributed by atoms with E-state index in [1.807, 2.05) is 13.1 Å². The molecule has 0 saturated carbocycles. The van der Waals surface area contributed by atoms with Gasteiger partial charge in [-0.2, -0.15) is 0 Å². The second-order valence-corrected chi connectivity index (χ2v) is 5.65. The zero-order chi connectivity index (χ0) is 12.1. The minimum Gasteiger partial charge on any atom is -0.319 e. The van der Waals surface area contributed by atoms with Gasteiger partial charge >= 0.3 is 0 Å². The van der Waals surface area contributed by atoms with Crippen molar-refractivity contribution < 1.29 is 0 Å². The van der Waals surface area contributed by atoms with Crippen molar-refractivity contribution in [2.24, 2.45) is 0 Å². The molecule has 0 amide bonds. The van der Waals surface area contributed by atoms with Crippen molar-refractivity contribution in [1.82, 2.24) is 10.3 Å². The average Bonchev–Trinajstić information content (AvgIpc) is 2.77. The maximum absolute atomic E-state index is 4.64. The van der Waals surface area contributed by atoms with Crippen molar-refractivity contribution in [3.63, 3.8) is 0 Å². The van der Waals surface area contributed by atoms with E-state index in [1.165, 1.54) is 16.3 Å². The van der Waals surface area contributed by atoms with Crippen LogP contribution < -0.4 is 5.32 Å². The number of nitrogens with one attached hydrogen (secondary N) is 1. The average molecular weight is 311 g/mol. The van der Waals surface area contributed by atoms with E-state index < -0.39 is 0 Å². The third-order valence-corrected chi connectivity index (χ3v) is 4.20. The van der Waals surface area contributed by atoms with Crippen LogP contribution in [0, 0.1) is 0 Å². The fourth-order valence-corrected chi connectivity index (χ4v) is 2.88. The van der Waals surface area contributed by atoms with Crippen LogP contribution in [0.25, 0.3) is 0 Å².